The van der Waals surface area contributed by atoms with Crippen molar-refractivity contribution in [2.24, 2.45) is 0 Å². The second kappa shape index (κ2) is 5.30. The van der Waals surface area contributed by atoms with Crippen molar-refractivity contribution >= 4 is 16.0 Å². The van der Waals surface area contributed by atoms with Crippen LogP contribution in [-0.2, 0) is 10.0 Å². The summed E-state index contributed by atoms with van der Waals surface area (Å²) in [6, 6.07) is 4.14. The Kier molecular flexibility index (Phi) is 3.91. The van der Waals surface area contributed by atoms with Crippen molar-refractivity contribution in [1.29, 1.82) is 0 Å². The number of aromatic carboxylic acids is 1. The quantitative estimate of drug-likeness (QED) is 0.810. The van der Waals surface area contributed by atoms with E-state index in [9.17, 15) is 18.3 Å². The van der Waals surface area contributed by atoms with Gasteiger partial charge in [-0.15, -0.1) is 0 Å². The number of rotatable bonds is 3. The number of nitrogens with zero attached hydrogens (tertiary/aromatic N) is 1. The summed E-state index contributed by atoms with van der Waals surface area (Å²) in [5.74, 6) is -1.35. The van der Waals surface area contributed by atoms with Gasteiger partial charge in [0.2, 0.25) is 10.0 Å². The molecule has 1 saturated heterocycles. The maximum Gasteiger partial charge on any atom is 0.243 e. The number of hydrogen-bond acceptors (Lipinski definition) is 4. The molecule has 0 radical (unpaired) electrons. The molecule has 104 valence electrons. The monoisotopic (exact) mass is 282 g/mol. The van der Waals surface area contributed by atoms with Crippen LogP contribution in [0.2, 0.25) is 0 Å². The first kappa shape index (κ1) is 14.0. The number of benzene rings is 1. The van der Waals surface area contributed by atoms with E-state index >= 15 is 0 Å². The van der Waals surface area contributed by atoms with Crippen LogP contribution in [0, 0.1) is 6.92 Å². The molecule has 0 spiro atoms. The largest absolute Gasteiger partial charge is 0.545 e. The van der Waals surface area contributed by atoms with Crippen molar-refractivity contribution in [1.82, 2.24) is 4.31 Å². The van der Waals surface area contributed by atoms with Gasteiger partial charge >= 0.3 is 0 Å². The summed E-state index contributed by atoms with van der Waals surface area (Å²) >= 11 is 0. The lowest BCUT2D eigenvalue weighted by Gasteiger charge is -2.26. The molecule has 0 aliphatic carbocycles. The third kappa shape index (κ3) is 2.79. The van der Waals surface area contributed by atoms with Crippen LogP contribution < -0.4 is 5.11 Å². The Morgan fingerprint density at radius 1 is 1.21 bits per heavy atom. The van der Waals surface area contributed by atoms with Gasteiger partial charge in [-0.1, -0.05) is 12.5 Å². The number of aryl methyl sites for hydroxylation is 1. The Hall–Kier alpha value is -1.40. The van der Waals surface area contributed by atoms with Crippen LogP contribution in [0.15, 0.2) is 23.1 Å². The standard InChI is InChI=1S/C13H17NO4S/c1-10-5-6-11(9-12(10)13(15)16)19(17,18)14-7-3-2-4-8-14/h5-6,9H,2-4,7-8H2,1H3,(H,15,16)/p-1. The maximum atomic E-state index is 12.4. The maximum absolute atomic E-state index is 12.4. The average molecular weight is 282 g/mol. The smallest absolute Gasteiger partial charge is 0.243 e. The molecule has 0 N–H and O–H groups in total. The number of carbonyl (C=O) groups is 1. The zero-order chi connectivity index (χ0) is 14.0. The summed E-state index contributed by atoms with van der Waals surface area (Å²) in [5.41, 5.74) is 0.427. The van der Waals surface area contributed by atoms with Crippen molar-refractivity contribution in [2.75, 3.05) is 13.1 Å². The number of piperidine rings is 1. The molecule has 19 heavy (non-hydrogen) atoms. The molecule has 0 aromatic heterocycles. The summed E-state index contributed by atoms with van der Waals surface area (Å²) in [4.78, 5) is 11.0. The normalized spacial score (nSPS) is 17.3. The van der Waals surface area contributed by atoms with E-state index in [0.717, 1.165) is 19.3 Å². The molecule has 1 aromatic carbocycles. The molecule has 0 amide bonds. The zero-order valence-corrected chi connectivity index (χ0v) is 11.6. The second-order valence-corrected chi connectivity index (χ2v) is 6.67. The van der Waals surface area contributed by atoms with E-state index in [1.54, 1.807) is 6.92 Å². The fraction of sp³-hybridized carbons (Fsp3) is 0.462. The van der Waals surface area contributed by atoms with E-state index in [1.165, 1.54) is 22.5 Å². The fourth-order valence-electron chi connectivity index (χ4n) is 2.24. The Bertz CT molecular complexity index is 589. The predicted molar refractivity (Wildman–Crippen MR) is 68.1 cm³/mol. The van der Waals surface area contributed by atoms with E-state index in [2.05, 4.69) is 0 Å². The summed E-state index contributed by atoms with van der Waals surface area (Å²) in [5, 5.41) is 11.0. The van der Waals surface area contributed by atoms with Crippen molar-refractivity contribution in [3.63, 3.8) is 0 Å². The number of carboxylic acids is 1. The van der Waals surface area contributed by atoms with Gasteiger partial charge in [-0.05, 0) is 37.5 Å². The van der Waals surface area contributed by atoms with Gasteiger partial charge in [-0.2, -0.15) is 4.31 Å². The third-order valence-corrected chi connectivity index (χ3v) is 5.28. The van der Waals surface area contributed by atoms with Crippen LogP contribution in [0.3, 0.4) is 0 Å². The first-order valence-electron chi connectivity index (χ1n) is 6.25. The van der Waals surface area contributed by atoms with Crippen molar-refractivity contribution in [3.05, 3.63) is 29.3 Å². The highest BCUT2D eigenvalue weighted by atomic mass is 32.2. The van der Waals surface area contributed by atoms with Gasteiger partial charge in [0, 0.05) is 18.7 Å². The van der Waals surface area contributed by atoms with Crippen molar-refractivity contribution < 1.29 is 18.3 Å². The van der Waals surface area contributed by atoms with E-state index in [0.29, 0.717) is 18.7 Å². The molecule has 1 aromatic rings. The minimum atomic E-state index is -3.59. The first-order valence-corrected chi connectivity index (χ1v) is 7.69. The van der Waals surface area contributed by atoms with Gasteiger partial charge in [0.05, 0.1) is 10.9 Å². The Morgan fingerprint density at radius 3 is 2.42 bits per heavy atom. The zero-order valence-electron chi connectivity index (χ0n) is 10.8. The predicted octanol–water partition coefficient (Wildman–Crippen LogP) is 0.533. The molecule has 1 fully saturated rings. The SMILES string of the molecule is Cc1ccc(S(=O)(=O)N2CCCCC2)cc1C(=O)[O-]. The summed E-state index contributed by atoms with van der Waals surface area (Å²) in [6.45, 7) is 2.61. The van der Waals surface area contributed by atoms with E-state index in [-0.39, 0.29) is 10.5 Å². The number of carboxylic acid groups (broad SMARTS) is 1. The van der Waals surface area contributed by atoms with Crippen molar-refractivity contribution in [3.8, 4) is 0 Å². The number of carbonyl (C=O) groups excluding carboxylic acids is 1. The van der Waals surface area contributed by atoms with Crippen LogP contribution in [0.1, 0.15) is 35.2 Å². The Balaban J connectivity index is 2.40. The molecule has 0 bridgehead atoms. The average Bonchev–Trinajstić information content (AvgIpc) is 2.39. The van der Waals surface area contributed by atoms with Crippen LogP contribution in [-0.4, -0.2) is 31.8 Å². The lowest BCUT2D eigenvalue weighted by molar-refractivity contribution is -0.255. The molecular formula is C13H16NO4S-. The Morgan fingerprint density at radius 2 is 1.84 bits per heavy atom. The van der Waals surface area contributed by atoms with Gasteiger partial charge in [0.25, 0.3) is 0 Å². The summed E-state index contributed by atoms with van der Waals surface area (Å²) < 4.78 is 26.2. The van der Waals surface area contributed by atoms with Gasteiger partial charge in [0.15, 0.2) is 0 Å². The molecule has 1 heterocycles. The van der Waals surface area contributed by atoms with Gasteiger partial charge < -0.3 is 9.90 Å². The molecule has 0 unspecified atom stereocenters. The molecular weight excluding hydrogens is 266 g/mol. The summed E-state index contributed by atoms with van der Waals surface area (Å²) in [7, 11) is -3.59. The molecule has 1 aliphatic heterocycles. The molecule has 6 heteroatoms. The Labute approximate surface area is 112 Å². The second-order valence-electron chi connectivity index (χ2n) is 4.73. The van der Waals surface area contributed by atoms with Crippen LogP contribution in [0.5, 0.6) is 0 Å². The lowest BCUT2D eigenvalue weighted by Crippen LogP contribution is -2.35. The van der Waals surface area contributed by atoms with E-state index in [1.807, 2.05) is 0 Å². The number of hydrogen-bond donors (Lipinski definition) is 0. The van der Waals surface area contributed by atoms with Crippen LogP contribution >= 0.6 is 0 Å². The minimum absolute atomic E-state index is 0.0270. The third-order valence-electron chi connectivity index (χ3n) is 3.38. The molecule has 0 saturated carbocycles. The highest BCUT2D eigenvalue weighted by molar-refractivity contribution is 7.89. The molecule has 0 atom stereocenters. The van der Waals surface area contributed by atoms with Crippen LogP contribution in [0.25, 0.3) is 0 Å². The molecule has 2 rings (SSSR count). The summed E-state index contributed by atoms with van der Waals surface area (Å²) in [6.07, 6.45) is 2.72. The van der Waals surface area contributed by atoms with E-state index < -0.39 is 16.0 Å². The minimum Gasteiger partial charge on any atom is -0.545 e. The number of sulfonamides is 1. The molecule has 1 aliphatic rings. The topological polar surface area (TPSA) is 77.5 Å². The van der Waals surface area contributed by atoms with Crippen LogP contribution in [0.4, 0.5) is 0 Å². The van der Waals surface area contributed by atoms with Crippen molar-refractivity contribution in [2.45, 2.75) is 31.1 Å². The highest BCUT2D eigenvalue weighted by Gasteiger charge is 2.26. The van der Waals surface area contributed by atoms with Gasteiger partial charge in [-0.3, -0.25) is 0 Å². The lowest BCUT2D eigenvalue weighted by atomic mass is 10.1. The first-order chi connectivity index (χ1) is 8.93. The van der Waals surface area contributed by atoms with E-state index in [4.69, 9.17) is 0 Å². The fourth-order valence-corrected chi connectivity index (χ4v) is 3.78. The highest BCUT2D eigenvalue weighted by Crippen LogP contribution is 2.22. The van der Waals surface area contributed by atoms with Gasteiger partial charge in [-0.25, -0.2) is 8.42 Å². The molecule has 5 nitrogen and oxygen atoms in total. The van der Waals surface area contributed by atoms with Gasteiger partial charge in [0.1, 0.15) is 0 Å².